The van der Waals surface area contributed by atoms with Crippen molar-refractivity contribution in [1.82, 2.24) is 9.97 Å². The van der Waals surface area contributed by atoms with E-state index in [1.807, 2.05) is 25.1 Å². The molecule has 0 aliphatic carbocycles. The highest BCUT2D eigenvalue weighted by atomic mass is 35.5. The van der Waals surface area contributed by atoms with E-state index in [1.165, 1.54) is 0 Å². The summed E-state index contributed by atoms with van der Waals surface area (Å²) in [5.74, 6) is 0.628. The van der Waals surface area contributed by atoms with Crippen molar-refractivity contribution in [2.24, 2.45) is 0 Å². The molecule has 22 heavy (non-hydrogen) atoms. The van der Waals surface area contributed by atoms with Crippen LogP contribution in [0.1, 0.15) is 25.5 Å². The Bertz CT molecular complexity index is 581. The van der Waals surface area contributed by atoms with E-state index in [0.717, 1.165) is 5.56 Å². The first kappa shape index (κ1) is 16.5. The molecular weight excluding hydrogens is 302 g/mol. The smallest absolute Gasteiger partial charge is 0.319 e. The Hall–Kier alpha value is -1.85. The van der Waals surface area contributed by atoms with Crippen molar-refractivity contribution in [2.75, 3.05) is 25.1 Å². The van der Waals surface area contributed by atoms with Gasteiger partial charge in [0.25, 0.3) is 0 Å². The van der Waals surface area contributed by atoms with E-state index in [2.05, 4.69) is 34.3 Å². The van der Waals surface area contributed by atoms with Crippen molar-refractivity contribution < 1.29 is 9.47 Å². The van der Waals surface area contributed by atoms with Crippen LogP contribution in [-0.2, 0) is 4.74 Å². The summed E-state index contributed by atoms with van der Waals surface area (Å²) >= 11 is 6.02. The first-order valence-corrected chi connectivity index (χ1v) is 7.63. The first-order chi connectivity index (χ1) is 10.7. The summed E-state index contributed by atoms with van der Waals surface area (Å²) in [6.07, 6.45) is 0. The number of halogens is 1. The van der Waals surface area contributed by atoms with Crippen LogP contribution >= 0.6 is 11.6 Å². The van der Waals surface area contributed by atoms with Crippen LogP contribution in [0.2, 0.25) is 5.15 Å². The van der Waals surface area contributed by atoms with Gasteiger partial charge in [-0.1, -0.05) is 41.9 Å². The van der Waals surface area contributed by atoms with Gasteiger partial charge >= 0.3 is 6.01 Å². The molecule has 118 valence electrons. The predicted molar refractivity (Wildman–Crippen MR) is 87.5 cm³/mol. The van der Waals surface area contributed by atoms with Gasteiger partial charge in [0, 0.05) is 18.7 Å². The number of benzene rings is 1. The number of aromatic nitrogens is 2. The van der Waals surface area contributed by atoms with Gasteiger partial charge < -0.3 is 14.8 Å². The zero-order valence-corrected chi connectivity index (χ0v) is 13.5. The van der Waals surface area contributed by atoms with Crippen LogP contribution in [0.25, 0.3) is 0 Å². The number of ether oxygens (including phenoxy) is 2. The highest BCUT2D eigenvalue weighted by molar-refractivity contribution is 6.29. The van der Waals surface area contributed by atoms with Gasteiger partial charge in [-0.05, 0) is 19.4 Å². The molecule has 0 amide bonds. The average molecular weight is 322 g/mol. The fraction of sp³-hybridized carbons (Fsp3) is 0.375. The minimum atomic E-state index is 0.100. The molecule has 0 aliphatic heterocycles. The molecule has 0 spiro atoms. The summed E-state index contributed by atoms with van der Waals surface area (Å²) in [5.41, 5.74) is 1.16. The summed E-state index contributed by atoms with van der Waals surface area (Å²) in [4.78, 5) is 8.36. The van der Waals surface area contributed by atoms with Gasteiger partial charge in [0.05, 0.1) is 6.61 Å². The van der Waals surface area contributed by atoms with E-state index in [-0.39, 0.29) is 12.1 Å². The van der Waals surface area contributed by atoms with Crippen molar-refractivity contribution in [3.63, 3.8) is 0 Å². The third kappa shape index (κ3) is 5.16. The Labute approximate surface area is 135 Å². The molecule has 0 fully saturated rings. The van der Waals surface area contributed by atoms with E-state index in [1.54, 1.807) is 6.07 Å². The molecule has 1 heterocycles. The number of anilines is 1. The van der Waals surface area contributed by atoms with Crippen molar-refractivity contribution in [3.8, 4) is 6.01 Å². The van der Waals surface area contributed by atoms with Crippen molar-refractivity contribution in [1.29, 1.82) is 0 Å². The third-order valence-corrected chi connectivity index (χ3v) is 3.19. The Kier molecular flexibility index (Phi) is 6.43. The maximum absolute atomic E-state index is 6.02. The van der Waals surface area contributed by atoms with Crippen LogP contribution in [0.4, 0.5) is 5.82 Å². The summed E-state index contributed by atoms with van der Waals surface area (Å²) in [6.45, 7) is 5.53. The SMILES string of the molecule is CCOCCOc1nc(Cl)cc(N[C@@H](C)c2ccccc2)n1. The standard InChI is InChI=1S/C16H20ClN3O2/c1-3-21-9-10-22-16-19-14(17)11-15(20-16)18-12(2)13-7-5-4-6-8-13/h4-8,11-12H,3,9-10H2,1-2H3,(H,18,19,20)/t12-/m0/s1. The molecular formula is C16H20ClN3O2. The van der Waals surface area contributed by atoms with Gasteiger partial charge in [0.2, 0.25) is 0 Å². The maximum Gasteiger partial charge on any atom is 0.319 e. The lowest BCUT2D eigenvalue weighted by Crippen LogP contribution is -2.11. The van der Waals surface area contributed by atoms with E-state index in [0.29, 0.717) is 30.8 Å². The molecule has 1 N–H and O–H groups in total. The topological polar surface area (TPSA) is 56.3 Å². The van der Waals surface area contributed by atoms with E-state index >= 15 is 0 Å². The Morgan fingerprint density at radius 2 is 1.95 bits per heavy atom. The Morgan fingerprint density at radius 3 is 2.68 bits per heavy atom. The highest BCUT2D eigenvalue weighted by Gasteiger charge is 2.09. The van der Waals surface area contributed by atoms with Crippen LogP contribution in [0.5, 0.6) is 6.01 Å². The second-order valence-corrected chi connectivity index (χ2v) is 5.07. The van der Waals surface area contributed by atoms with Crippen LogP contribution in [-0.4, -0.2) is 29.8 Å². The van der Waals surface area contributed by atoms with Gasteiger partial charge in [-0.2, -0.15) is 9.97 Å². The molecule has 6 heteroatoms. The highest BCUT2D eigenvalue weighted by Crippen LogP contribution is 2.21. The maximum atomic E-state index is 6.02. The van der Waals surface area contributed by atoms with E-state index in [4.69, 9.17) is 21.1 Å². The van der Waals surface area contributed by atoms with Gasteiger partial charge in [-0.3, -0.25) is 0 Å². The van der Waals surface area contributed by atoms with Gasteiger partial charge in [0.15, 0.2) is 0 Å². The second-order valence-electron chi connectivity index (χ2n) is 4.68. The number of hydrogen-bond donors (Lipinski definition) is 1. The Balaban J connectivity index is 2.00. The summed E-state index contributed by atoms with van der Waals surface area (Å²) < 4.78 is 10.7. The van der Waals surface area contributed by atoms with Gasteiger partial charge in [-0.15, -0.1) is 0 Å². The molecule has 0 bridgehead atoms. The Morgan fingerprint density at radius 1 is 1.18 bits per heavy atom. The molecule has 1 aromatic heterocycles. The van der Waals surface area contributed by atoms with Crippen LogP contribution in [0, 0.1) is 0 Å². The molecule has 0 unspecified atom stereocenters. The average Bonchev–Trinajstić information content (AvgIpc) is 2.52. The second kappa shape index (κ2) is 8.56. The number of hydrogen-bond acceptors (Lipinski definition) is 5. The molecule has 1 atom stereocenters. The molecule has 0 aliphatic rings. The lowest BCUT2D eigenvalue weighted by Gasteiger charge is -2.15. The molecule has 0 radical (unpaired) electrons. The zero-order valence-electron chi connectivity index (χ0n) is 12.8. The van der Waals surface area contributed by atoms with Gasteiger partial charge in [-0.25, -0.2) is 0 Å². The largest absolute Gasteiger partial charge is 0.461 e. The molecule has 0 saturated carbocycles. The van der Waals surface area contributed by atoms with Crippen LogP contribution < -0.4 is 10.1 Å². The zero-order chi connectivity index (χ0) is 15.8. The van der Waals surface area contributed by atoms with Crippen LogP contribution in [0.15, 0.2) is 36.4 Å². The van der Waals surface area contributed by atoms with Crippen molar-refractivity contribution in [2.45, 2.75) is 19.9 Å². The molecule has 2 aromatic rings. The fourth-order valence-electron chi connectivity index (χ4n) is 1.92. The monoisotopic (exact) mass is 321 g/mol. The molecule has 1 aromatic carbocycles. The normalized spacial score (nSPS) is 12.0. The number of rotatable bonds is 8. The lowest BCUT2D eigenvalue weighted by molar-refractivity contribution is 0.106. The molecule has 5 nitrogen and oxygen atoms in total. The number of nitrogens with one attached hydrogen (secondary N) is 1. The minimum absolute atomic E-state index is 0.100. The summed E-state index contributed by atoms with van der Waals surface area (Å²) in [7, 11) is 0. The predicted octanol–water partition coefficient (Wildman–Crippen LogP) is 3.72. The third-order valence-electron chi connectivity index (χ3n) is 3.00. The first-order valence-electron chi connectivity index (χ1n) is 7.25. The van der Waals surface area contributed by atoms with Crippen molar-refractivity contribution >= 4 is 17.4 Å². The van der Waals surface area contributed by atoms with E-state index in [9.17, 15) is 0 Å². The lowest BCUT2D eigenvalue weighted by atomic mass is 10.1. The molecule has 0 saturated heterocycles. The fourth-order valence-corrected chi connectivity index (χ4v) is 2.09. The minimum Gasteiger partial charge on any atom is -0.461 e. The van der Waals surface area contributed by atoms with Gasteiger partial charge in [0.1, 0.15) is 17.6 Å². The summed E-state index contributed by atoms with van der Waals surface area (Å²) in [5, 5.41) is 3.63. The summed E-state index contributed by atoms with van der Waals surface area (Å²) in [6, 6.07) is 12.1. The van der Waals surface area contributed by atoms with E-state index < -0.39 is 0 Å². The van der Waals surface area contributed by atoms with Crippen LogP contribution in [0.3, 0.4) is 0 Å². The number of nitrogens with zero attached hydrogens (tertiary/aromatic N) is 2. The van der Waals surface area contributed by atoms with Crippen molar-refractivity contribution in [3.05, 3.63) is 47.1 Å². The molecule has 2 rings (SSSR count). The quantitative estimate of drug-likeness (QED) is 0.593.